The smallest absolute Gasteiger partial charge is 0.0808 e. The summed E-state index contributed by atoms with van der Waals surface area (Å²) in [6, 6.07) is 0. The molecule has 0 rings (SSSR count). The number of quaternary nitrogens is 1. The van der Waals surface area contributed by atoms with Gasteiger partial charge in [0, 0.05) is 11.8 Å². The van der Waals surface area contributed by atoms with Gasteiger partial charge in [0.1, 0.15) is 0 Å². The van der Waals surface area contributed by atoms with E-state index < -0.39 is 0 Å². The Morgan fingerprint density at radius 3 is 1.20 bits per heavy atom. The second-order valence-corrected chi connectivity index (χ2v) is 9.62. The Morgan fingerprint density at radius 2 is 0.840 bits per heavy atom. The molecule has 25 heavy (non-hydrogen) atoms. The highest BCUT2D eigenvalue weighted by molar-refractivity contribution is 4.57. The zero-order valence-corrected chi connectivity index (χ0v) is 18.9. The van der Waals surface area contributed by atoms with Crippen molar-refractivity contribution >= 4 is 0 Å². The van der Waals surface area contributed by atoms with E-state index in [2.05, 4.69) is 41.8 Å². The predicted octanol–water partition coefficient (Wildman–Crippen LogP) is 7.84. The average Bonchev–Trinajstić information content (AvgIpc) is 2.53. The lowest BCUT2D eigenvalue weighted by molar-refractivity contribution is -0.896. The molecule has 2 unspecified atom stereocenters. The Bertz CT molecular complexity index is 245. The van der Waals surface area contributed by atoms with Gasteiger partial charge in [-0.25, -0.2) is 0 Å². The molecule has 1 heteroatoms. The summed E-state index contributed by atoms with van der Waals surface area (Å²) in [5.74, 6) is 1.75. The second-order valence-electron chi connectivity index (χ2n) is 9.62. The number of hydrogen-bond acceptors (Lipinski definition) is 0. The van der Waals surface area contributed by atoms with E-state index in [1.165, 1.54) is 107 Å². The van der Waals surface area contributed by atoms with Crippen molar-refractivity contribution in [1.82, 2.24) is 0 Å². The molecule has 0 aromatic carbocycles. The molecule has 0 bridgehead atoms. The fourth-order valence-electron chi connectivity index (χ4n) is 4.49. The van der Waals surface area contributed by atoms with E-state index in [1.807, 2.05) is 0 Å². The quantitative estimate of drug-likeness (QED) is 0.174. The van der Waals surface area contributed by atoms with Crippen molar-refractivity contribution in [2.75, 3.05) is 27.2 Å². The third-order valence-electron chi connectivity index (χ3n) is 5.71. The van der Waals surface area contributed by atoms with Crippen LogP contribution in [0.3, 0.4) is 0 Å². The van der Waals surface area contributed by atoms with Crippen molar-refractivity contribution in [3.63, 3.8) is 0 Å². The SMILES string of the molecule is CCCCCCCCC(C)C[N+](C)(C)CC(C)CCCCCCCC. The molecule has 0 aliphatic heterocycles. The number of nitrogens with zero attached hydrogens (tertiary/aromatic N) is 1. The van der Waals surface area contributed by atoms with Gasteiger partial charge in [0.05, 0.1) is 27.2 Å². The van der Waals surface area contributed by atoms with Gasteiger partial charge in [0.25, 0.3) is 0 Å². The van der Waals surface area contributed by atoms with Crippen LogP contribution in [-0.2, 0) is 0 Å². The highest BCUT2D eigenvalue weighted by Crippen LogP contribution is 2.19. The summed E-state index contributed by atoms with van der Waals surface area (Å²) in [5, 5.41) is 0. The van der Waals surface area contributed by atoms with Gasteiger partial charge in [0.2, 0.25) is 0 Å². The summed E-state index contributed by atoms with van der Waals surface area (Å²) in [6.07, 6.45) is 20.0. The maximum Gasteiger partial charge on any atom is 0.0808 e. The van der Waals surface area contributed by atoms with Crippen LogP contribution in [0.15, 0.2) is 0 Å². The minimum atomic E-state index is 0.877. The van der Waals surface area contributed by atoms with Crippen LogP contribution in [0.1, 0.15) is 118 Å². The molecule has 0 saturated heterocycles. The molecule has 0 heterocycles. The van der Waals surface area contributed by atoms with Crippen molar-refractivity contribution in [3.8, 4) is 0 Å². The molecule has 0 spiro atoms. The van der Waals surface area contributed by atoms with Crippen LogP contribution >= 0.6 is 0 Å². The van der Waals surface area contributed by atoms with Crippen LogP contribution in [0.2, 0.25) is 0 Å². The van der Waals surface area contributed by atoms with Crippen LogP contribution in [0, 0.1) is 11.8 Å². The largest absolute Gasteiger partial charge is 0.328 e. The first-order chi connectivity index (χ1) is 11.9. The van der Waals surface area contributed by atoms with Crippen molar-refractivity contribution in [3.05, 3.63) is 0 Å². The van der Waals surface area contributed by atoms with Crippen LogP contribution in [-0.4, -0.2) is 31.7 Å². The van der Waals surface area contributed by atoms with Crippen molar-refractivity contribution in [2.45, 2.75) is 118 Å². The Balaban J connectivity index is 3.75. The molecule has 152 valence electrons. The lowest BCUT2D eigenvalue weighted by Crippen LogP contribution is -2.45. The highest BCUT2D eigenvalue weighted by Gasteiger charge is 2.21. The van der Waals surface area contributed by atoms with E-state index in [-0.39, 0.29) is 0 Å². The molecule has 0 N–H and O–H groups in total. The minimum absolute atomic E-state index is 0.877. The molecule has 0 fully saturated rings. The molecular weight excluding hydrogens is 302 g/mol. The summed E-state index contributed by atoms with van der Waals surface area (Å²) in [6.45, 7) is 12.3. The van der Waals surface area contributed by atoms with E-state index in [9.17, 15) is 0 Å². The Hall–Kier alpha value is -0.0400. The second kappa shape index (κ2) is 16.2. The molecule has 0 aromatic rings. The molecule has 0 aliphatic rings. The standard InChI is InChI=1S/C24H52N/c1-7-9-11-13-15-17-19-23(3)21-25(5,6)22-24(4)20-18-16-14-12-10-8-2/h23-24H,7-22H2,1-6H3/q+1. The zero-order valence-electron chi connectivity index (χ0n) is 18.9. The number of rotatable bonds is 18. The molecule has 2 atom stereocenters. The lowest BCUT2D eigenvalue weighted by Gasteiger charge is -2.35. The highest BCUT2D eigenvalue weighted by atomic mass is 15.3. The zero-order chi connectivity index (χ0) is 19.0. The van der Waals surface area contributed by atoms with Gasteiger partial charge in [-0.2, -0.15) is 0 Å². The molecule has 0 aromatic heterocycles. The maximum absolute atomic E-state index is 2.48. The first-order valence-electron chi connectivity index (χ1n) is 11.7. The minimum Gasteiger partial charge on any atom is -0.328 e. The molecule has 0 radical (unpaired) electrons. The van der Waals surface area contributed by atoms with Crippen LogP contribution in [0.4, 0.5) is 0 Å². The summed E-state index contributed by atoms with van der Waals surface area (Å²) in [5.41, 5.74) is 0. The van der Waals surface area contributed by atoms with Crippen molar-refractivity contribution in [2.24, 2.45) is 11.8 Å². The molecule has 0 aliphatic carbocycles. The van der Waals surface area contributed by atoms with Crippen molar-refractivity contribution < 1.29 is 4.48 Å². The molecule has 0 amide bonds. The predicted molar refractivity (Wildman–Crippen MR) is 116 cm³/mol. The molecule has 0 saturated carbocycles. The third-order valence-corrected chi connectivity index (χ3v) is 5.71. The third kappa shape index (κ3) is 17.1. The first kappa shape index (κ1) is 25.0. The Labute approximate surface area is 161 Å². The summed E-state index contributed by atoms with van der Waals surface area (Å²) < 4.78 is 1.22. The number of hydrogen-bond donors (Lipinski definition) is 0. The van der Waals surface area contributed by atoms with Gasteiger partial charge in [-0.05, 0) is 12.8 Å². The number of unbranched alkanes of at least 4 members (excludes halogenated alkanes) is 10. The van der Waals surface area contributed by atoms with Crippen LogP contribution in [0.25, 0.3) is 0 Å². The van der Waals surface area contributed by atoms with E-state index in [0.717, 1.165) is 11.8 Å². The van der Waals surface area contributed by atoms with E-state index in [0.29, 0.717) is 0 Å². The van der Waals surface area contributed by atoms with E-state index in [4.69, 9.17) is 0 Å². The van der Waals surface area contributed by atoms with Gasteiger partial charge in [0.15, 0.2) is 0 Å². The molecular formula is C24H52N+. The Morgan fingerprint density at radius 1 is 0.520 bits per heavy atom. The van der Waals surface area contributed by atoms with E-state index >= 15 is 0 Å². The average molecular weight is 355 g/mol. The Kier molecular flexibility index (Phi) is 16.1. The molecule has 1 nitrogen and oxygen atoms in total. The van der Waals surface area contributed by atoms with Crippen LogP contribution in [0.5, 0.6) is 0 Å². The first-order valence-corrected chi connectivity index (χ1v) is 11.7. The summed E-state index contributed by atoms with van der Waals surface area (Å²) >= 11 is 0. The summed E-state index contributed by atoms with van der Waals surface area (Å²) in [4.78, 5) is 0. The monoisotopic (exact) mass is 354 g/mol. The fourth-order valence-corrected chi connectivity index (χ4v) is 4.49. The van der Waals surface area contributed by atoms with Gasteiger partial charge < -0.3 is 4.48 Å². The maximum atomic E-state index is 2.48. The van der Waals surface area contributed by atoms with Gasteiger partial charge in [-0.15, -0.1) is 0 Å². The lowest BCUT2D eigenvalue weighted by atomic mass is 9.98. The van der Waals surface area contributed by atoms with Gasteiger partial charge >= 0.3 is 0 Å². The normalized spacial score (nSPS) is 14.6. The van der Waals surface area contributed by atoms with E-state index in [1.54, 1.807) is 0 Å². The topological polar surface area (TPSA) is 0 Å². The van der Waals surface area contributed by atoms with Gasteiger partial charge in [-0.1, -0.05) is 105 Å². The van der Waals surface area contributed by atoms with Gasteiger partial charge in [-0.3, -0.25) is 0 Å². The fraction of sp³-hybridized carbons (Fsp3) is 1.00. The van der Waals surface area contributed by atoms with Crippen LogP contribution < -0.4 is 0 Å². The summed E-state index contributed by atoms with van der Waals surface area (Å²) in [7, 11) is 4.91. The van der Waals surface area contributed by atoms with Crippen molar-refractivity contribution in [1.29, 1.82) is 0 Å².